The third-order valence-corrected chi connectivity index (χ3v) is 4.24. The van der Waals surface area contributed by atoms with Gasteiger partial charge in [0.15, 0.2) is 0 Å². The van der Waals surface area contributed by atoms with Crippen LogP contribution < -0.4 is 21.3 Å². The molecule has 0 saturated heterocycles. The van der Waals surface area contributed by atoms with Crippen molar-refractivity contribution in [2.45, 2.75) is 52.1 Å². The summed E-state index contributed by atoms with van der Waals surface area (Å²) >= 11 is 0. The maximum Gasteiger partial charge on any atom is 0.253 e. The van der Waals surface area contributed by atoms with Gasteiger partial charge in [0.2, 0.25) is 23.6 Å². The fourth-order valence-corrected chi connectivity index (χ4v) is 2.91. The van der Waals surface area contributed by atoms with E-state index < -0.39 is 35.7 Å². The molecular weight excluding hydrogens is 394 g/mol. The van der Waals surface area contributed by atoms with Gasteiger partial charge in [0, 0.05) is 52.1 Å². The van der Waals surface area contributed by atoms with Crippen molar-refractivity contribution in [3.05, 3.63) is 12.2 Å². The molecule has 0 fully saturated rings. The first-order valence-corrected chi connectivity index (χ1v) is 9.77. The molecule has 0 aromatic rings. The van der Waals surface area contributed by atoms with E-state index in [9.17, 15) is 28.8 Å². The Balaban J connectivity index is 2.45. The smallest absolute Gasteiger partial charge is 0.253 e. The monoisotopic (exact) mass is 423 g/mol. The van der Waals surface area contributed by atoms with Gasteiger partial charge in [-0.3, -0.25) is 33.7 Å². The molecule has 1 rings (SSSR count). The number of amides is 6. The summed E-state index contributed by atoms with van der Waals surface area (Å²) in [6.45, 7) is 4.71. The summed E-state index contributed by atoms with van der Waals surface area (Å²) in [5.41, 5.74) is 0. The van der Waals surface area contributed by atoms with Crippen LogP contribution in [0.15, 0.2) is 12.2 Å². The summed E-state index contributed by atoms with van der Waals surface area (Å²) in [6.07, 6.45) is 3.43. The normalized spacial score (nSPS) is 14.8. The van der Waals surface area contributed by atoms with Crippen LogP contribution in [0.5, 0.6) is 0 Å². The van der Waals surface area contributed by atoms with Crippen LogP contribution in [0.4, 0.5) is 0 Å². The van der Waals surface area contributed by atoms with Gasteiger partial charge in [-0.15, -0.1) is 0 Å². The van der Waals surface area contributed by atoms with Crippen molar-refractivity contribution >= 4 is 35.4 Å². The topological polar surface area (TPSA) is 154 Å². The number of rotatable bonds is 12. The molecule has 2 unspecified atom stereocenters. The Morgan fingerprint density at radius 1 is 0.933 bits per heavy atom. The minimum Gasteiger partial charge on any atom is -0.354 e. The Morgan fingerprint density at radius 3 is 2.03 bits per heavy atom. The molecule has 2 atom stereocenters. The molecule has 6 amide bonds. The predicted octanol–water partition coefficient (Wildman–Crippen LogP) is -1.66. The number of imide groups is 1. The zero-order chi connectivity index (χ0) is 22.7. The van der Waals surface area contributed by atoms with Gasteiger partial charge in [-0.05, 0) is 6.42 Å². The lowest BCUT2D eigenvalue weighted by molar-refractivity contribution is -0.137. The Kier molecular flexibility index (Phi) is 10.2. The molecule has 11 heteroatoms. The predicted molar refractivity (Wildman–Crippen MR) is 107 cm³/mol. The van der Waals surface area contributed by atoms with Crippen LogP contribution in [-0.2, 0) is 28.8 Å². The van der Waals surface area contributed by atoms with Gasteiger partial charge in [-0.2, -0.15) is 0 Å². The molecule has 4 N–H and O–H groups in total. The second-order valence-electron chi connectivity index (χ2n) is 6.83. The summed E-state index contributed by atoms with van der Waals surface area (Å²) in [5, 5.41) is 10.4. The second-order valence-corrected chi connectivity index (χ2v) is 6.83. The summed E-state index contributed by atoms with van der Waals surface area (Å²) in [7, 11) is 0. The van der Waals surface area contributed by atoms with E-state index in [1.807, 2.05) is 6.92 Å². The van der Waals surface area contributed by atoms with Crippen LogP contribution in [0.1, 0.15) is 40.0 Å². The van der Waals surface area contributed by atoms with Crippen molar-refractivity contribution in [3.8, 4) is 0 Å². The molecule has 0 aromatic carbocycles. The van der Waals surface area contributed by atoms with Gasteiger partial charge in [0.05, 0.1) is 6.04 Å². The highest BCUT2D eigenvalue weighted by Gasteiger charge is 2.29. The van der Waals surface area contributed by atoms with Crippen molar-refractivity contribution in [2.24, 2.45) is 0 Å². The first-order valence-electron chi connectivity index (χ1n) is 9.77. The third-order valence-electron chi connectivity index (χ3n) is 4.24. The van der Waals surface area contributed by atoms with Gasteiger partial charge >= 0.3 is 0 Å². The van der Waals surface area contributed by atoms with E-state index in [2.05, 4.69) is 21.3 Å². The average Bonchev–Trinajstić information content (AvgIpc) is 2.98. The fraction of sp³-hybridized carbons (Fsp3) is 0.579. The van der Waals surface area contributed by atoms with Gasteiger partial charge in [-0.25, -0.2) is 0 Å². The summed E-state index contributed by atoms with van der Waals surface area (Å²) in [5.74, 6) is -2.48. The highest BCUT2D eigenvalue weighted by molar-refractivity contribution is 6.13. The van der Waals surface area contributed by atoms with E-state index in [0.717, 1.165) is 17.1 Å². The van der Waals surface area contributed by atoms with E-state index in [-0.39, 0.29) is 37.9 Å². The molecule has 0 saturated carbocycles. The quantitative estimate of drug-likeness (QED) is 0.218. The maximum atomic E-state index is 12.5. The molecule has 0 radical (unpaired) electrons. The maximum absolute atomic E-state index is 12.5. The van der Waals surface area contributed by atoms with Crippen LogP contribution in [0.25, 0.3) is 0 Å². The first-order chi connectivity index (χ1) is 14.1. The number of nitrogens with one attached hydrogen (secondary N) is 4. The van der Waals surface area contributed by atoms with Crippen molar-refractivity contribution < 1.29 is 28.8 Å². The Bertz CT molecular complexity index is 702. The highest BCUT2D eigenvalue weighted by Crippen LogP contribution is 2.05. The van der Waals surface area contributed by atoms with Crippen molar-refractivity contribution in [1.29, 1.82) is 0 Å². The Labute approximate surface area is 175 Å². The summed E-state index contributed by atoms with van der Waals surface area (Å²) in [6, 6.07) is -1.50. The molecule has 1 aliphatic rings. The highest BCUT2D eigenvalue weighted by atomic mass is 16.2. The zero-order valence-corrected chi connectivity index (χ0v) is 17.4. The number of nitrogens with zero attached hydrogens (tertiary/aromatic N) is 1. The SMILES string of the molecule is CCCC(NC(C)=O)C(NC(C)=O)C(=O)NCCNC(=O)CCN1C(=O)C=CC1=O. The average molecular weight is 423 g/mol. The number of carbonyl (C=O) groups excluding carboxylic acids is 6. The largest absolute Gasteiger partial charge is 0.354 e. The molecule has 0 aliphatic carbocycles. The summed E-state index contributed by atoms with van der Waals surface area (Å²) in [4.78, 5) is 71.1. The Hall–Kier alpha value is -3.24. The molecule has 1 heterocycles. The van der Waals surface area contributed by atoms with Crippen molar-refractivity contribution in [1.82, 2.24) is 26.2 Å². The molecule has 0 bridgehead atoms. The molecule has 30 heavy (non-hydrogen) atoms. The van der Waals surface area contributed by atoms with E-state index in [1.54, 1.807) is 0 Å². The van der Waals surface area contributed by atoms with Crippen LogP contribution in [0.2, 0.25) is 0 Å². The third kappa shape index (κ3) is 8.41. The standard InChI is InChI=1S/C19H29N5O6/c1-4-5-14(22-12(2)25)18(23-13(3)26)19(30)21-10-9-20-15(27)8-11-24-16(28)6-7-17(24)29/h6-7,14,18H,4-5,8-11H2,1-3H3,(H,20,27)(H,21,30)(H,22,25)(H,23,26). The lowest BCUT2D eigenvalue weighted by Crippen LogP contribution is -2.58. The minimum absolute atomic E-state index is 0.0249. The molecule has 166 valence electrons. The lowest BCUT2D eigenvalue weighted by atomic mass is 10.0. The molecule has 1 aliphatic heterocycles. The van der Waals surface area contributed by atoms with Crippen LogP contribution >= 0.6 is 0 Å². The minimum atomic E-state index is -0.943. The molecule has 11 nitrogen and oxygen atoms in total. The van der Waals surface area contributed by atoms with Crippen LogP contribution in [0.3, 0.4) is 0 Å². The van der Waals surface area contributed by atoms with Crippen molar-refractivity contribution in [3.63, 3.8) is 0 Å². The lowest BCUT2D eigenvalue weighted by Gasteiger charge is -2.27. The second kappa shape index (κ2) is 12.3. The first kappa shape index (κ1) is 24.8. The molecule has 0 spiro atoms. The van der Waals surface area contributed by atoms with Gasteiger partial charge in [0.1, 0.15) is 6.04 Å². The number of hydrogen-bond donors (Lipinski definition) is 4. The Morgan fingerprint density at radius 2 is 1.50 bits per heavy atom. The van der Waals surface area contributed by atoms with E-state index >= 15 is 0 Å². The number of hydrogen-bond acceptors (Lipinski definition) is 6. The van der Waals surface area contributed by atoms with Crippen LogP contribution in [0, 0.1) is 0 Å². The summed E-state index contributed by atoms with van der Waals surface area (Å²) < 4.78 is 0. The van der Waals surface area contributed by atoms with Gasteiger partial charge < -0.3 is 21.3 Å². The van der Waals surface area contributed by atoms with E-state index in [4.69, 9.17) is 0 Å². The van der Waals surface area contributed by atoms with Gasteiger partial charge in [-0.1, -0.05) is 13.3 Å². The molecular formula is C19H29N5O6. The van der Waals surface area contributed by atoms with Crippen LogP contribution in [-0.4, -0.2) is 72.1 Å². The van der Waals surface area contributed by atoms with Crippen molar-refractivity contribution in [2.75, 3.05) is 19.6 Å². The number of carbonyl (C=O) groups is 6. The molecule has 0 aromatic heterocycles. The van der Waals surface area contributed by atoms with Gasteiger partial charge in [0.25, 0.3) is 11.8 Å². The fourth-order valence-electron chi connectivity index (χ4n) is 2.91. The van der Waals surface area contributed by atoms with E-state index in [0.29, 0.717) is 12.8 Å². The van der Waals surface area contributed by atoms with E-state index in [1.165, 1.54) is 13.8 Å². The zero-order valence-electron chi connectivity index (χ0n) is 17.4.